The highest BCUT2D eigenvalue weighted by Crippen LogP contribution is 2.26. The molecule has 0 bridgehead atoms. The molecule has 2 heterocycles. The number of likely N-dealkylation sites (N-methyl/N-ethyl adjacent to an activating group) is 1. The molecule has 0 unspecified atom stereocenters. The number of nitrogens with zero attached hydrogens (tertiary/aromatic N) is 3. The zero-order chi connectivity index (χ0) is 18.1. The molecular weight excluding hydrogens is 334 g/mol. The third-order valence-electron chi connectivity index (χ3n) is 3.00. The van der Waals surface area contributed by atoms with E-state index in [2.05, 4.69) is 40.6 Å². The van der Waals surface area contributed by atoms with Gasteiger partial charge in [0.25, 0.3) is 5.88 Å². The standard InChI is InChI=1S/C13H19N3OS.C2H2O4/c1-10(2)6-8-17-13-12(14-18-15-13)11-5-4-7-16(3)9-11;3-1(4)2(5)6/h5-6H,4,7-9H2,1-3H3;(H,3,4)(H,5,6). The molecule has 9 heteroatoms. The Bertz CT molecular complexity index is 623. The smallest absolute Gasteiger partial charge is 0.414 e. The van der Waals surface area contributed by atoms with Crippen LogP contribution < -0.4 is 4.74 Å². The van der Waals surface area contributed by atoms with E-state index >= 15 is 0 Å². The lowest BCUT2D eigenvalue weighted by Crippen LogP contribution is -2.25. The van der Waals surface area contributed by atoms with Crippen LogP contribution in [0.3, 0.4) is 0 Å². The molecule has 0 aromatic carbocycles. The van der Waals surface area contributed by atoms with Crippen molar-refractivity contribution in [3.8, 4) is 5.88 Å². The van der Waals surface area contributed by atoms with Crippen LogP contribution in [0.25, 0.3) is 5.57 Å². The Kier molecular flexibility index (Phi) is 8.07. The Balaban J connectivity index is 0.000000413. The number of hydrogen-bond acceptors (Lipinski definition) is 7. The fraction of sp³-hybridized carbons (Fsp3) is 0.467. The van der Waals surface area contributed by atoms with Crippen LogP contribution in [0.1, 0.15) is 26.0 Å². The molecule has 1 aliphatic heterocycles. The van der Waals surface area contributed by atoms with Crippen LogP contribution in [0.2, 0.25) is 0 Å². The molecule has 0 radical (unpaired) electrons. The van der Waals surface area contributed by atoms with Crippen LogP contribution in [0.15, 0.2) is 17.7 Å². The summed E-state index contributed by atoms with van der Waals surface area (Å²) in [5, 5.41) is 14.8. The molecular formula is C15H21N3O5S. The number of ether oxygens (including phenoxy) is 1. The molecule has 0 spiro atoms. The van der Waals surface area contributed by atoms with Gasteiger partial charge in [-0.2, -0.15) is 4.37 Å². The summed E-state index contributed by atoms with van der Waals surface area (Å²) in [6.07, 6.45) is 5.35. The molecule has 8 nitrogen and oxygen atoms in total. The van der Waals surface area contributed by atoms with Gasteiger partial charge in [-0.15, -0.1) is 4.37 Å². The van der Waals surface area contributed by atoms with E-state index in [1.807, 2.05) is 6.08 Å². The van der Waals surface area contributed by atoms with E-state index in [0.29, 0.717) is 12.5 Å². The minimum absolute atomic E-state index is 0.559. The van der Waals surface area contributed by atoms with Crippen LogP contribution in [-0.4, -0.2) is 62.5 Å². The van der Waals surface area contributed by atoms with Gasteiger partial charge < -0.3 is 19.8 Å². The normalized spacial score (nSPS) is 14.0. The lowest BCUT2D eigenvalue weighted by molar-refractivity contribution is -0.159. The summed E-state index contributed by atoms with van der Waals surface area (Å²) in [4.78, 5) is 20.5. The van der Waals surface area contributed by atoms with Gasteiger partial charge in [0.1, 0.15) is 12.3 Å². The number of aliphatic carboxylic acids is 2. The Labute approximate surface area is 144 Å². The highest BCUT2D eigenvalue weighted by molar-refractivity contribution is 6.99. The average Bonchev–Trinajstić information content (AvgIpc) is 2.96. The molecule has 1 aromatic heterocycles. The number of aromatic nitrogens is 2. The summed E-state index contributed by atoms with van der Waals surface area (Å²) >= 11 is 1.21. The number of carbonyl (C=O) groups is 2. The van der Waals surface area contributed by atoms with Gasteiger partial charge in [-0.25, -0.2) is 9.59 Å². The summed E-state index contributed by atoms with van der Waals surface area (Å²) in [5.74, 6) is -2.98. The minimum Gasteiger partial charge on any atom is -0.473 e. The molecule has 24 heavy (non-hydrogen) atoms. The van der Waals surface area contributed by atoms with E-state index in [4.69, 9.17) is 24.5 Å². The number of carboxylic acids is 2. The van der Waals surface area contributed by atoms with Crippen molar-refractivity contribution in [1.29, 1.82) is 0 Å². The molecule has 0 atom stereocenters. The fourth-order valence-electron chi connectivity index (χ4n) is 1.82. The van der Waals surface area contributed by atoms with Crippen molar-refractivity contribution in [3.05, 3.63) is 23.4 Å². The topological polar surface area (TPSA) is 113 Å². The summed E-state index contributed by atoms with van der Waals surface area (Å²) in [7, 11) is 2.12. The van der Waals surface area contributed by atoms with Crippen molar-refractivity contribution < 1.29 is 24.5 Å². The molecule has 0 saturated carbocycles. The van der Waals surface area contributed by atoms with Crippen LogP contribution in [-0.2, 0) is 9.59 Å². The SMILES string of the molecule is CC(C)=CCOc1nsnc1C1=CCCN(C)C1.O=C(O)C(=O)O. The predicted molar refractivity (Wildman–Crippen MR) is 90.2 cm³/mol. The van der Waals surface area contributed by atoms with Crippen molar-refractivity contribution >= 4 is 29.2 Å². The minimum atomic E-state index is -1.82. The van der Waals surface area contributed by atoms with E-state index in [1.54, 1.807) is 0 Å². The molecule has 1 aromatic rings. The predicted octanol–water partition coefficient (Wildman–Crippen LogP) is 1.76. The molecule has 0 aliphatic carbocycles. The second kappa shape index (κ2) is 9.78. The summed E-state index contributed by atoms with van der Waals surface area (Å²) in [5.41, 5.74) is 3.38. The van der Waals surface area contributed by atoms with Gasteiger partial charge in [0.2, 0.25) is 0 Å². The third kappa shape index (κ3) is 6.88. The maximum atomic E-state index is 9.10. The van der Waals surface area contributed by atoms with Crippen molar-refractivity contribution in [3.63, 3.8) is 0 Å². The number of allylic oxidation sites excluding steroid dienone is 1. The van der Waals surface area contributed by atoms with Crippen molar-refractivity contribution in [1.82, 2.24) is 13.6 Å². The van der Waals surface area contributed by atoms with Gasteiger partial charge in [0.05, 0.1) is 11.7 Å². The molecule has 0 fully saturated rings. The van der Waals surface area contributed by atoms with Crippen LogP contribution in [0.4, 0.5) is 0 Å². The largest absolute Gasteiger partial charge is 0.473 e. The number of rotatable bonds is 4. The first-order valence-corrected chi connectivity index (χ1v) is 7.97. The Hall–Kier alpha value is -2.26. The molecule has 132 valence electrons. The zero-order valence-corrected chi connectivity index (χ0v) is 14.7. The molecule has 2 rings (SSSR count). The van der Waals surface area contributed by atoms with Crippen LogP contribution in [0, 0.1) is 0 Å². The monoisotopic (exact) mass is 355 g/mol. The summed E-state index contributed by atoms with van der Waals surface area (Å²) in [6.45, 7) is 6.70. The van der Waals surface area contributed by atoms with Gasteiger partial charge in [-0.1, -0.05) is 11.6 Å². The first-order chi connectivity index (χ1) is 11.3. The summed E-state index contributed by atoms with van der Waals surface area (Å²) in [6, 6.07) is 0. The maximum absolute atomic E-state index is 9.10. The summed E-state index contributed by atoms with van der Waals surface area (Å²) < 4.78 is 14.3. The first kappa shape index (κ1) is 19.8. The molecule has 1 aliphatic rings. The van der Waals surface area contributed by atoms with E-state index in [0.717, 1.165) is 25.2 Å². The van der Waals surface area contributed by atoms with Crippen molar-refractivity contribution in [2.75, 3.05) is 26.7 Å². The average molecular weight is 355 g/mol. The van der Waals surface area contributed by atoms with Crippen LogP contribution >= 0.6 is 11.7 Å². The van der Waals surface area contributed by atoms with E-state index < -0.39 is 11.9 Å². The van der Waals surface area contributed by atoms with Crippen molar-refractivity contribution in [2.45, 2.75) is 20.3 Å². The quantitative estimate of drug-likeness (QED) is 0.620. The number of hydrogen-bond donors (Lipinski definition) is 2. The Morgan fingerprint density at radius 2 is 2.00 bits per heavy atom. The van der Waals surface area contributed by atoms with Gasteiger partial charge in [-0.3, -0.25) is 0 Å². The molecule has 2 N–H and O–H groups in total. The fourth-order valence-corrected chi connectivity index (χ4v) is 2.35. The molecule has 0 saturated heterocycles. The van der Waals surface area contributed by atoms with E-state index in [9.17, 15) is 0 Å². The highest BCUT2D eigenvalue weighted by atomic mass is 32.1. The van der Waals surface area contributed by atoms with Crippen molar-refractivity contribution in [2.24, 2.45) is 0 Å². The Morgan fingerprint density at radius 1 is 1.33 bits per heavy atom. The zero-order valence-electron chi connectivity index (χ0n) is 13.9. The highest BCUT2D eigenvalue weighted by Gasteiger charge is 2.18. The van der Waals surface area contributed by atoms with Gasteiger partial charge >= 0.3 is 11.9 Å². The first-order valence-electron chi connectivity index (χ1n) is 7.24. The third-order valence-corrected chi connectivity index (χ3v) is 3.51. The lowest BCUT2D eigenvalue weighted by atomic mass is 10.1. The van der Waals surface area contributed by atoms with Crippen LogP contribution in [0.5, 0.6) is 5.88 Å². The van der Waals surface area contributed by atoms with Gasteiger partial charge in [0.15, 0.2) is 0 Å². The van der Waals surface area contributed by atoms with Gasteiger partial charge in [0, 0.05) is 13.1 Å². The second-order valence-electron chi connectivity index (χ2n) is 5.38. The van der Waals surface area contributed by atoms with Gasteiger partial charge in [-0.05, 0) is 39.0 Å². The lowest BCUT2D eigenvalue weighted by Gasteiger charge is -2.21. The van der Waals surface area contributed by atoms with E-state index in [1.165, 1.54) is 22.9 Å². The second-order valence-corrected chi connectivity index (χ2v) is 5.91. The Morgan fingerprint density at radius 3 is 2.54 bits per heavy atom. The molecule has 0 amide bonds. The maximum Gasteiger partial charge on any atom is 0.414 e. The number of carboxylic acid groups (broad SMARTS) is 2. The van der Waals surface area contributed by atoms with E-state index in [-0.39, 0.29) is 0 Å².